The lowest BCUT2D eigenvalue weighted by Crippen LogP contribution is -2.32. The highest BCUT2D eigenvalue weighted by Gasteiger charge is 2.29. The molecule has 0 aromatic heterocycles. The van der Waals surface area contributed by atoms with Crippen LogP contribution >= 0.6 is 0 Å². The average molecular weight is 209 g/mol. The van der Waals surface area contributed by atoms with E-state index < -0.39 is 0 Å². The number of hydrogen-bond donors (Lipinski definition) is 1. The number of nitrogens with one attached hydrogen (secondary N) is 1. The van der Waals surface area contributed by atoms with Crippen LogP contribution in [0, 0.1) is 11.8 Å². The van der Waals surface area contributed by atoms with Crippen LogP contribution in [0.15, 0.2) is 12.2 Å². The molecule has 1 rings (SSSR count). The van der Waals surface area contributed by atoms with Gasteiger partial charge in [0.1, 0.15) is 0 Å². The fourth-order valence-corrected chi connectivity index (χ4v) is 2.81. The molecule has 0 amide bonds. The third kappa shape index (κ3) is 3.64. The molecule has 0 aromatic rings. The van der Waals surface area contributed by atoms with Gasteiger partial charge in [0.15, 0.2) is 0 Å². The van der Waals surface area contributed by atoms with E-state index in [0.29, 0.717) is 6.04 Å². The Kier molecular flexibility index (Phi) is 5.38. The summed E-state index contributed by atoms with van der Waals surface area (Å²) in [6.07, 6.45) is 7.95. The minimum Gasteiger partial charge on any atom is -0.316 e. The Labute approximate surface area is 95.3 Å². The lowest BCUT2D eigenvalue weighted by molar-refractivity contribution is 0.359. The third-order valence-corrected chi connectivity index (χ3v) is 4.11. The Hall–Kier alpha value is -0.300. The quantitative estimate of drug-likeness (QED) is 0.657. The Bertz CT molecular complexity index is 198. The van der Waals surface area contributed by atoms with Crippen molar-refractivity contribution in [2.45, 2.75) is 58.4 Å². The Morgan fingerprint density at radius 1 is 1.40 bits per heavy atom. The van der Waals surface area contributed by atoms with Crippen molar-refractivity contribution in [1.29, 1.82) is 0 Å². The minimum atomic E-state index is 0.675. The molecule has 0 heterocycles. The predicted molar refractivity (Wildman–Crippen MR) is 68.0 cm³/mol. The van der Waals surface area contributed by atoms with E-state index in [1.165, 1.54) is 37.7 Å². The van der Waals surface area contributed by atoms with Gasteiger partial charge >= 0.3 is 0 Å². The highest BCUT2D eigenvalue weighted by molar-refractivity contribution is 4.99. The van der Waals surface area contributed by atoms with Gasteiger partial charge in [0.25, 0.3) is 0 Å². The topological polar surface area (TPSA) is 12.0 Å². The summed E-state index contributed by atoms with van der Waals surface area (Å²) in [5, 5.41) is 3.49. The standard InChI is InChI=1S/C14H27N/c1-5-11(3)9-14(15-4)13-8-7-12(6-2)10-13/h12-15H,3,5-10H2,1-2,4H3. The first-order valence-electron chi connectivity index (χ1n) is 6.55. The molecule has 88 valence electrons. The molecule has 1 saturated carbocycles. The van der Waals surface area contributed by atoms with E-state index in [1.807, 2.05) is 0 Å². The summed E-state index contributed by atoms with van der Waals surface area (Å²) in [7, 11) is 2.10. The summed E-state index contributed by atoms with van der Waals surface area (Å²) in [4.78, 5) is 0. The Balaban J connectivity index is 2.42. The van der Waals surface area contributed by atoms with E-state index in [2.05, 4.69) is 32.8 Å². The molecule has 1 nitrogen and oxygen atoms in total. The molecule has 0 bridgehead atoms. The zero-order valence-electron chi connectivity index (χ0n) is 10.7. The van der Waals surface area contributed by atoms with Gasteiger partial charge in [0.2, 0.25) is 0 Å². The SMILES string of the molecule is C=C(CC)CC(NC)C1CCC(CC)C1. The van der Waals surface area contributed by atoms with Gasteiger partial charge in [-0.2, -0.15) is 0 Å². The smallest absolute Gasteiger partial charge is 0.0129 e. The second-order valence-corrected chi connectivity index (χ2v) is 5.05. The van der Waals surface area contributed by atoms with Crippen LogP contribution in [-0.2, 0) is 0 Å². The van der Waals surface area contributed by atoms with Crippen molar-refractivity contribution in [2.24, 2.45) is 11.8 Å². The summed E-state index contributed by atoms with van der Waals surface area (Å²) in [5.41, 5.74) is 1.40. The van der Waals surface area contributed by atoms with Crippen LogP contribution in [0.1, 0.15) is 52.4 Å². The van der Waals surface area contributed by atoms with Crippen molar-refractivity contribution in [3.05, 3.63) is 12.2 Å². The van der Waals surface area contributed by atoms with Crippen LogP contribution in [0.3, 0.4) is 0 Å². The summed E-state index contributed by atoms with van der Waals surface area (Å²) < 4.78 is 0. The first-order valence-corrected chi connectivity index (χ1v) is 6.55. The van der Waals surface area contributed by atoms with Gasteiger partial charge in [0, 0.05) is 6.04 Å². The molecule has 3 unspecified atom stereocenters. The molecular weight excluding hydrogens is 182 g/mol. The first-order chi connectivity index (χ1) is 7.21. The van der Waals surface area contributed by atoms with E-state index >= 15 is 0 Å². The molecule has 1 heteroatoms. The average Bonchev–Trinajstić information content (AvgIpc) is 2.73. The fourth-order valence-electron chi connectivity index (χ4n) is 2.81. The summed E-state index contributed by atoms with van der Waals surface area (Å²) in [6.45, 7) is 8.66. The normalized spacial score (nSPS) is 27.9. The van der Waals surface area contributed by atoms with Gasteiger partial charge < -0.3 is 5.32 Å². The lowest BCUT2D eigenvalue weighted by atomic mass is 9.91. The minimum absolute atomic E-state index is 0.675. The monoisotopic (exact) mass is 209 g/mol. The molecule has 0 radical (unpaired) electrons. The van der Waals surface area contributed by atoms with Crippen LogP contribution in [0.5, 0.6) is 0 Å². The predicted octanol–water partition coefficient (Wildman–Crippen LogP) is 3.76. The fraction of sp³-hybridized carbons (Fsp3) is 0.857. The van der Waals surface area contributed by atoms with Gasteiger partial charge in [-0.05, 0) is 44.6 Å². The van der Waals surface area contributed by atoms with E-state index in [0.717, 1.165) is 18.3 Å². The van der Waals surface area contributed by atoms with Crippen LogP contribution in [0.2, 0.25) is 0 Å². The summed E-state index contributed by atoms with van der Waals surface area (Å²) in [5.74, 6) is 1.88. The molecule has 15 heavy (non-hydrogen) atoms. The number of hydrogen-bond acceptors (Lipinski definition) is 1. The van der Waals surface area contributed by atoms with Crippen molar-refractivity contribution in [1.82, 2.24) is 5.32 Å². The first kappa shape index (κ1) is 12.8. The molecule has 1 aliphatic rings. The molecule has 1 N–H and O–H groups in total. The van der Waals surface area contributed by atoms with Gasteiger partial charge in [-0.25, -0.2) is 0 Å². The molecule has 1 aliphatic carbocycles. The van der Waals surface area contributed by atoms with Crippen molar-refractivity contribution in [2.75, 3.05) is 7.05 Å². The highest BCUT2D eigenvalue weighted by Crippen LogP contribution is 2.36. The Morgan fingerprint density at radius 2 is 2.13 bits per heavy atom. The summed E-state index contributed by atoms with van der Waals surface area (Å²) in [6, 6.07) is 0.675. The van der Waals surface area contributed by atoms with Crippen molar-refractivity contribution < 1.29 is 0 Å². The zero-order chi connectivity index (χ0) is 11.3. The van der Waals surface area contributed by atoms with E-state index in [-0.39, 0.29) is 0 Å². The third-order valence-electron chi connectivity index (χ3n) is 4.11. The zero-order valence-corrected chi connectivity index (χ0v) is 10.7. The van der Waals surface area contributed by atoms with Gasteiger partial charge in [-0.15, -0.1) is 0 Å². The van der Waals surface area contributed by atoms with Crippen LogP contribution in [-0.4, -0.2) is 13.1 Å². The van der Waals surface area contributed by atoms with Crippen molar-refractivity contribution in [3.63, 3.8) is 0 Å². The van der Waals surface area contributed by atoms with Crippen LogP contribution < -0.4 is 5.32 Å². The maximum atomic E-state index is 4.13. The summed E-state index contributed by atoms with van der Waals surface area (Å²) >= 11 is 0. The van der Waals surface area contributed by atoms with Crippen LogP contribution in [0.4, 0.5) is 0 Å². The largest absolute Gasteiger partial charge is 0.316 e. The second kappa shape index (κ2) is 6.32. The van der Waals surface area contributed by atoms with Gasteiger partial charge in [-0.1, -0.05) is 38.8 Å². The van der Waals surface area contributed by atoms with E-state index in [9.17, 15) is 0 Å². The van der Waals surface area contributed by atoms with E-state index in [1.54, 1.807) is 0 Å². The second-order valence-electron chi connectivity index (χ2n) is 5.05. The highest BCUT2D eigenvalue weighted by atomic mass is 14.9. The lowest BCUT2D eigenvalue weighted by Gasteiger charge is -2.24. The van der Waals surface area contributed by atoms with Gasteiger partial charge in [-0.3, -0.25) is 0 Å². The molecule has 0 aromatic carbocycles. The Morgan fingerprint density at radius 3 is 2.60 bits per heavy atom. The van der Waals surface area contributed by atoms with Crippen LogP contribution in [0.25, 0.3) is 0 Å². The van der Waals surface area contributed by atoms with Gasteiger partial charge in [0.05, 0.1) is 0 Å². The van der Waals surface area contributed by atoms with E-state index in [4.69, 9.17) is 0 Å². The van der Waals surface area contributed by atoms with Crippen molar-refractivity contribution in [3.8, 4) is 0 Å². The molecule has 1 fully saturated rings. The molecule has 0 aliphatic heterocycles. The maximum absolute atomic E-state index is 4.13. The maximum Gasteiger partial charge on any atom is 0.0129 e. The molecule has 0 spiro atoms. The molecular formula is C14H27N. The molecule has 0 saturated heterocycles. The van der Waals surface area contributed by atoms with Crippen molar-refractivity contribution >= 4 is 0 Å². The molecule has 3 atom stereocenters. The number of rotatable bonds is 6.